The number of anilines is 1. The standard InChI is InChI=1S/C16H21ClN2O2/c1-9(2)7-14-16(21)19(11(4)15(20)18-14)12-6-5-10(3)13(17)8-12/h5-6,8-9,11,14H,7H2,1-4H3,(H,18,20). The highest BCUT2D eigenvalue weighted by Crippen LogP contribution is 2.27. The number of halogens is 1. The molecule has 2 amide bonds. The van der Waals surface area contributed by atoms with Gasteiger partial charge in [0.2, 0.25) is 11.8 Å². The molecular formula is C16H21ClN2O2. The van der Waals surface area contributed by atoms with Gasteiger partial charge in [0.05, 0.1) is 0 Å². The van der Waals surface area contributed by atoms with Crippen molar-refractivity contribution in [3.05, 3.63) is 28.8 Å². The van der Waals surface area contributed by atoms with Crippen LogP contribution in [0.5, 0.6) is 0 Å². The van der Waals surface area contributed by atoms with E-state index in [0.717, 1.165) is 5.56 Å². The number of benzene rings is 1. The Morgan fingerprint density at radius 2 is 2.00 bits per heavy atom. The molecule has 1 N–H and O–H groups in total. The first kappa shape index (κ1) is 15.8. The number of hydrogen-bond donors (Lipinski definition) is 1. The summed E-state index contributed by atoms with van der Waals surface area (Å²) in [6, 6.07) is 4.45. The lowest BCUT2D eigenvalue weighted by Gasteiger charge is -2.38. The van der Waals surface area contributed by atoms with Crippen LogP contribution < -0.4 is 10.2 Å². The number of rotatable bonds is 3. The molecule has 0 radical (unpaired) electrons. The largest absolute Gasteiger partial charge is 0.342 e. The van der Waals surface area contributed by atoms with Gasteiger partial charge >= 0.3 is 0 Å². The summed E-state index contributed by atoms with van der Waals surface area (Å²) in [6.07, 6.45) is 0.632. The number of carbonyl (C=O) groups excluding carboxylic acids is 2. The molecule has 1 aliphatic rings. The molecule has 21 heavy (non-hydrogen) atoms. The minimum absolute atomic E-state index is 0.0734. The SMILES string of the molecule is Cc1ccc(N2C(=O)C(CC(C)C)NC(=O)C2C)cc1Cl. The van der Waals surface area contributed by atoms with Crippen molar-refractivity contribution in [1.82, 2.24) is 5.32 Å². The Bertz CT molecular complexity index is 571. The van der Waals surface area contributed by atoms with Crippen LogP contribution in [0.15, 0.2) is 18.2 Å². The van der Waals surface area contributed by atoms with Gasteiger partial charge < -0.3 is 5.32 Å². The van der Waals surface area contributed by atoms with Crippen LogP contribution in [0.1, 0.15) is 32.8 Å². The molecule has 114 valence electrons. The second-order valence-electron chi connectivity index (χ2n) is 6.01. The molecule has 0 bridgehead atoms. The predicted octanol–water partition coefficient (Wildman–Crippen LogP) is 2.91. The van der Waals surface area contributed by atoms with Gasteiger partial charge in [-0.15, -0.1) is 0 Å². The number of piperazine rings is 1. The fraction of sp³-hybridized carbons (Fsp3) is 0.500. The van der Waals surface area contributed by atoms with Gasteiger partial charge in [0.1, 0.15) is 12.1 Å². The molecule has 0 aliphatic carbocycles. The van der Waals surface area contributed by atoms with Gasteiger partial charge in [-0.3, -0.25) is 14.5 Å². The van der Waals surface area contributed by atoms with E-state index >= 15 is 0 Å². The first-order valence-electron chi connectivity index (χ1n) is 7.21. The van der Waals surface area contributed by atoms with E-state index in [1.54, 1.807) is 17.9 Å². The molecule has 1 aliphatic heterocycles. The zero-order valence-corrected chi connectivity index (χ0v) is 13.6. The molecule has 1 fully saturated rings. The number of carbonyl (C=O) groups is 2. The molecule has 1 saturated heterocycles. The van der Waals surface area contributed by atoms with Crippen LogP contribution in [0.25, 0.3) is 0 Å². The molecule has 1 aromatic rings. The fourth-order valence-corrected chi connectivity index (χ4v) is 2.72. The molecule has 2 rings (SSSR count). The highest BCUT2D eigenvalue weighted by atomic mass is 35.5. The lowest BCUT2D eigenvalue weighted by molar-refractivity contribution is -0.133. The smallest absolute Gasteiger partial charge is 0.250 e. The first-order valence-corrected chi connectivity index (χ1v) is 7.58. The van der Waals surface area contributed by atoms with Crippen LogP contribution in [-0.4, -0.2) is 23.9 Å². The Morgan fingerprint density at radius 1 is 1.33 bits per heavy atom. The third-order valence-corrected chi connectivity index (χ3v) is 4.17. The highest BCUT2D eigenvalue weighted by Gasteiger charge is 2.39. The van der Waals surface area contributed by atoms with Crippen molar-refractivity contribution >= 4 is 29.1 Å². The molecule has 0 aromatic heterocycles. The monoisotopic (exact) mass is 308 g/mol. The van der Waals surface area contributed by atoms with E-state index in [0.29, 0.717) is 23.0 Å². The van der Waals surface area contributed by atoms with Gasteiger partial charge in [-0.2, -0.15) is 0 Å². The Hall–Kier alpha value is -1.55. The van der Waals surface area contributed by atoms with Crippen molar-refractivity contribution in [2.24, 2.45) is 5.92 Å². The molecule has 2 unspecified atom stereocenters. The summed E-state index contributed by atoms with van der Waals surface area (Å²) in [5, 5.41) is 3.41. The van der Waals surface area contributed by atoms with Gasteiger partial charge in [-0.1, -0.05) is 31.5 Å². The lowest BCUT2D eigenvalue weighted by atomic mass is 9.98. The number of amides is 2. The molecule has 5 heteroatoms. The Balaban J connectivity index is 2.36. The third kappa shape index (κ3) is 3.21. The van der Waals surface area contributed by atoms with Crippen molar-refractivity contribution in [3.63, 3.8) is 0 Å². The van der Waals surface area contributed by atoms with E-state index in [1.165, 1.54) is 0 Å². The summed E-state index contributed by atoms with van der Waals surface area (Å²) in [6.45, 7) is 7.70. The van der Waals surface area contributed by atoms with Crippen molar-refractivity contribution in [1.29, 1.82) is 0 Å². The van der Waals surface area contributed by atoms with Crippen LogP contribution in [0.3, 0.4) is 0 Å². The summed E-state index contributed by atoms with van der Waals surface area (Å²) in [5.41, 5.74) is 1.62. The van der Waals surface area contributed by atoms with Gasteiger partial charge in [-0.05, 0) is 43.9 Å². The molecule has 1 heterocycles. The molecular weight excluding hydrogens is 288 g/mol. The maximum absolute atomic E-state index is 12.7. The van der Waals surface area contributed by atoms with Gasteiger partial charge in [0.15, 0.2) is 0 Å². The minimum atomic E-state index is -0.528. The molecule has 1 aromatic carbocycles. The van der Waals surface area contributed by atoms with E-state index in [2.05, 4.69) is 5.32 Å². The van der Waals surface area contributed by atoms with E-state index in [9.17, 15) is 9.59 Å². The number of aryl methyl sites for hydroxylation is 1. The zero-order chi connectivity index (χ0) is 15.7. The van der Waals surface area contributed by atoms with Crippen LogP contribution >= 0.6 is 11.6 Å². The van der Waals surface area contributed by atoms with Crippen LogP contribution in [0, 0.1) is 12.8 Å². The fourth-order valence-electron chi connectivity index (χ4n) is 2.54. The summed E-state index contributed by atoms with van der Waals surface area (Å²) in [4.78, 5) is 26.4. The highest BCUT2D eigenvalue weighted by molar-refractivity contribution is 6.31. The van der Waals surface area contributed by atoms with Gasteiger partial charge in [0.25, 0.3) is 0 Å². The summed E-state index contributed by atoms with van der Waals surface area (Å²) >= 11 is 6.15. The average Bonchev–Trinajstić information content (AvgIpc) is 2.40. The third-order valence-electron chi connectivity index (χ3n) is 3.76. The first-order chi connectivity index (χ1) is 9.81. The quantitative estimate of drug-likeness (QED) is 0.933. The van der Waals surface area contributed by atoms with E-state index in [4.69, 9.17) is 11.6 Å². The summed E-state index contributed by atoms with van der Waals surface area (Å²) in [7, 11) is 0. The van der Waals surface area contributed by atoms with Gasteiger partial charge in [0, 0.05) is 10.7 Å². The number of hydrogen-bond acceptors (Lipinski definition) is 2. The minimum Gasteiger partial charge on any atom is -0.342 e. The zero-order valence-electron chi connectivity index (χ0n) is 12.8. The topological polar surface area (TPSA) is 49.4 Å². The molecule has 0 spiro atoms. The second kappa shape index (κ2) is 6.06. The van der Waals surface area contributed by atoms with Crippen molar-refractivity contribution in [2.75, 3.05) is 4.90 Å². The maximum Gasteiger partial charge on any atom is 0.250 e. The van der Waals surface area contributed by atoms with Crippen LogP contribution in [-0.2, 0) is 9.59 Å². The van der Waals surface area contributed by atoms with Gasteiger partial charge in [-0.25, -0.2) is 0 Å². The van der Waals surface area contributed by atoms with Crippen molar-refractivity contribution in [2.45, 2.75) is 46.2 Å². The second-order valence-corrected chi connectivity index (χ2v) is 6.42. The van der Waals surface area contributed by atoms with Crippen molar-refractivity contribution in [3.8, 4) is 0 Å². The van der Waals surface area contributed by atoms with Crippen LogP contribution in [0.2, 0.25) is 5.02 Å². The average molecular weight is 309 g/mol. The lowest BCUT2D eigenvalue weighted by Crippen LogP contribution is -2.63. The van der Waals surface area contributed by atoms with E-state index in [1.807, 2.05) is 32.9 Å². The summed E-state index contributed by atoms with van der Waals surface area (Å²) in [5.74, 6) is 0.128. The van der Waals surface area contributed by atoms with E-state index in [-0.39, 0.29) is 11.8 Å². The Morgan fingerprint density at radius 3 is 2.57 bits per heavy atom. The van der Waals surface area contributed by atoms with E-state index < -0.39 is 12.1 Å². The number of nitrogens with zero attached hydrogens (tertiary/aromatic N) is 1. The molecule has 2 atom stereocenters. The maximum atomic E-state index is 12.7. The predicted molar refractivity (Wildman–Crippen MR) is 84.5 cm³/mol. The normalized spacial score (nSPS) is 22.7. The number of nitrogens with one attached hydrogen (secondary N) is 1. The van der Waals surface area contributed by atoms with Crippen molar-refractivity contribution < 1.29 is 9.59 Å². The molecule has 0 saturated carbocycles. The Labute approximate surface area is 130 Å². The molecule has 4 nitrogen and oxygen atoms in total. The van der Waals surface area contributed by atoms with Crippen LogP contribution in [0.4, 0.5) is 5.69 Å². The Kier molecular flexibility index (Phi) is 4.57. The summed E-state index contributed by atoms with van der Waals surface area (Å²) < 4.78 is 0.